The molecule has 1 unspecified atom stereocenters. The van der Waals surface area contributed by atoms with Crippen molar-refractivity contribution >= 4 is 21.6 Å². The fourth-order valence-corrected chi connectivity index (χ4v) is 4.25. The highest BCUT2D eigenvalue weighted by molar-refractivity contribution is 9.10. The van der Waals surface area contributed by atoms with Gasteiger partial charge in [0, 0.05) is 37.7 Å². The third-order valence-electron chi connectivity index (χ3n) is 5.56. The van der Waals surface area contributed by atoms with Crippen LogP contribution in [0.3, 0.4) is 0 Å². The molecule has 0 aliphatic carbocycles. The van der Waals surface area contributed by atoms with E-state index in [0.717, 1.165) is 4.68 Å². The standard InChI is InChI=1S/C18H20BrF4N5O2/c19-15-13(20)12(1-5-24-15)25-16(30)27-6-2-11-10(7-27)14-18(22,23)4-3-17(21,9-29)8-28(14)26-11/h1,5,16,29-30H,2-4,6-9H2,(H,24,25)/t16?,17-/m0/s1. The Hall–Kier alpha value is -1.76. The number of pyridine rings is 1. The normalized spacial score (nSPS) is 24.6. The Bertz CT molecular complexity index is 959. The summed E-state index contributed by atoms with van der Waals surface area (Å²) in [5.41, 5.74) is -1.92. The minimum Gasteiger partial charge on any atom is -0.393 e. The van der Waals surface area contributed by atoms with E-state index in [1.807, 2.05) is 0 Å². The molecule has 0 saturated heterocycles. The minimum atomic E-state index is -3.33. The number of rotatable bonds is 4. The Kier molecular flexibility index (Phi) is 5.54. The van der Waals surface area contributed by atoms with E-state index in [9.17, 15) is 27.8 Å². The fraction of sp³-hybridized carbons (Fsp3) is 0.556. The number of aromatic nitrogens is 3. The van der Waals surface area contributed by atoms with Crippen LogP contribution in [0.4, 0.5) is 23.2 Å². The summed E-state index contributed by atoms with van der Waals surface area (Å²) in [5, 5.41) is 26.6. The highest BCUT2D eigenvalue weighted by Crippen LogP contribution is 2.43. The van der Waals surface area contributed by atoms with Gasteiger partial charge in [-0.2, -0.15) is 13.9 Å². The minimum absolute atomic E-state index is 0.000467. The smallest absolute Gasteiger partial charge is 0.289 e. The SMILES string of the molecule is OC[C@]1(F)CCC(F)(F)c2c3c(nn2C1)CCN(C(O)Nc1ccnc(Br)c1F)C3. The molecule has 30 heavy (non-hydrogen) atoms. The van der Waals surface area contributed by atoms with Crippen molar-refractivity contribution in [1.82, 2.24) is 19.7 Å². The molecule has 0 saturated carbocycles. The van der Waals surface area contributed by atoms with Crippen molar-refractivity contribution in [3.05, 3.63) is 39.6 Å². The van der Waals surface area contributed by atoms with E-state index in [-0.39, 0.29) is 41.1 Å². The molecule has 164 valence electrons. The van der Waals surface area contributed by atoms with Crippen LogP contribution in [0.5, 0.6) is 0 Å². The van der Waals surface area contributed by atoms with Crippen molar-refractivity contribution in [1.29, 1.82) is 0 Å². The average Bonchev–Trinajstić information content (AvgIpc) is 3.02. The van der Waals surface area contributed by atoms with Gasteiger partial charge in [0.1, 0.15) is 10.3 Å². The molecule has 0 spiro atoms. The van der Waals surface area contributed by atoms with Crippen LogP contribution in [0.1, 0.15) is 29.8 Å². The predicted molar refractivity (Wildman–Crippen MR) is 102 cm³/mol. The van der Waals surface area contributed by atoms with Gasteiger partial charge in [0.15, 0.2) is 17.8 Å². The first kappa shape index (κ1) is 21.5. The van der Waals surface area contributed by atoms with Gasteiger partial charge in [-0.15, -0.1) is 0 Å². The summed E-state index contributed by atoms with van der Waals surface area (Å²) in [5.74, 6) is -4.02. The van der Waals surface area contributed by atoms with Crippen molar-refractivity contribution in [3.63, 3.8) is 0 Å². The molecule has 3 N–H and O–H groups in total. The van der Waals surface area contributed by atoms with Gasteiger partial charge in [-0.25, -0.2) is 13.8 Å². The van der Waals surface area contributed by atoms with E-state index in [1.54, 1.807) is 0 Å². The molecule has 4 rings (SSSR count). The number of nitrogens with zero attached hydrogens (tertiary/aromatic N) is 4. The maximum absolute atomic E-state index is 14.9. The molecule has 2 aromatic rings. The quantitative estimate of drug-likeness (QED) is 0.344. The van der Waals surface area contributed by atoms with Gasteiger partial charge < -0.3 is 15.5 Å². The van der Waals surface area contributed by atoms with Gasteiger partial charge in [0.05, 0.1) is 24.5 Å². The lowest BCUT2D eigenvalue weighted by molar-refractivity contribution is -0.0342. The summed E-state index contributed by atoms with van der Waals surface area (Å²) in [6.07, 6.45) is -0.989. The molecule has 12 heteroatoms. The number of hydrogen-bond acceptors (Lipinski definition) is 6. The molecular formula is C18H20BrF4N5O2. The van der Waals surface area contributed by atoms with Crippen LogP contribution in [0, 0.1) is 5.82 Å². The van der Waals surface area contributed by atoms with Gasteiger partial charge >= 0.3 is 0 Å². The monoisotopic (exact) mass is 493 g/mol. The second-order valence-corrected chi connectivity index (χ2v) is 8.40. The summed E-state index contributed by atoms with van der Waals surface area (Å²) in [6.45, 7) is -1.12. The number of alkyl halides is 3. The summed E-state index contributed by atoms with van der Waals surface area (Å²) in [7, 11) is 0. The Morgan fingerprint density at radius 3 is 2.80 bits per heavy atom. The Morgan fingerprint density at radius 2 is 2.07 bits per heavy atom. The molecule has 0 radical (unpaired) electrons. The van der Waals surface area contributed by atoms with Gasteiger partial charge in [-0.05, 0) is 28.4 Å². The molecule has 2 aliphatic heterocycles. The molecule has 7 nitrogen and oxygen atoms in total. The van der Waals surface area contributed by atoms with Crippen molar-refractivity contribution in [3.8, 4) is 0 Å². The maximum Gasteiger partial charge on any atom is 0.289 e. The van der Waals surface area contributed by atoms with Crippen molar-refractivity contribution in [2.24, 2.45) is 0 Å². The second kappa shape index (κ2) is 7.74. The highest BCUT2D eigenvalue weighted by atomic mass is 79.9. The number of nitrogens with one attached hydrogen (secondary N) is 1. The molecule has 2 aromatic heterocycles. The number of aliphatic hydroxyl groups is 2. The van der Waals surface area contributed by atoms with Gasteiger partial charge in [-0.3, -0.25) is 9.58 Å². The zero-order valence-electron chi connectivity index (χ0n) is 15.8. The van der Waals surface area contributed by atoms with E-state index in [0.29, 0.717) is 5.69 Å². The number of fused-ring (bicyclic) bond motifs is 3. The van der Waals surface area contributed by atoms with Crippen molar-refractivity contribution < 1.29 is 27.8 Å². The summed E-state index contributed by atoms with van der Waals surface area (Å²) in [4.78, 5) is 5.20. The Morgan fingerprint density at radius 1 is 1.30 bits per heavy atom. The molecular weight excluding hydrogens is 474 g/mol. The molecule has 4 heterocycles. The molecule has 0 fully saturated rings. The topological polar surface area (TPSA) is 86.4 Å². The second-order valence-electron chi connectivity index (χ2n) is 7.65. The highest BCUT2D eigenvalue weighted by Gasteiger charge is 2.48. The molecule has 0 bridgehead atoms. The largest absolute Gasteiger partial charge is 0.393 e. The number of anilines is 1. The van der Waals surface area contributed by atoms with E-state index in [4.69, 9.17) is 0 Å². The van der Waals surface area contributed by atoms with Crippen molar-refractivity contribution in [2.45, 2.75) is 50.3 Å². The number of halogens is 5. The van der Waals surface area contributed by atoms with Crippen LogP contribution in [-0.2, 0) is 25.4 Å². The van der Waals surface area contributed by atoms with Crippen LogP contribution in [-0.4, -0.2) is 55.0 Å². The van der Waals surface area contributed by atoms with Crippen LogP contribution >= 0.6 is 15.9 Å². The van der Waals surface area contributed by atoms with E-state index in [1.165, 1.54) is 17.2 Å². The van der Waals surface area contributed by atoms with E-state index in [2.05, 4.69) is 31.3 Å². The number of aliphatic hydroxyl groups excluding tert-OH is 2. The first-order chi connectivity index (χ1) is 14.1. The fourth-order valence-electron chi connectivity index (χ4n) is 3.92. The molecule has 0 aromatic carbocycles. The van der Waals surface area contributed by atoms with Gasteiger partial charge in [0.25, 0.3) is 5.92 Å². The predicted octanol–water partition coefficient (Wildman–Crippen LogP) is 2.51. The Labute approximate surface area is 177 Å². The molecule has 2 atom stereocenters. The van der Waals surface area contributed by atoms with Crippen LogP contribution in [0.2, 0.25) is 0 Å². The number of hydrogen-bond donors (Lipinski definition) is 3. The summed E-state index contributed by atoms with van der Waals surface area (Å²) in [6, 6.07) is 1.34. The zero-order valence-corrected chi connectivity index (χ0v) is 17.3. The summed E-state index contributed by atoms with van der Waals surface area (Å²) >= 11 is 2.96. The average molecular weight is 494 g/mol. The van der Waals surface area contributed by atoms with Crippen LogP contribution in [0.25, 0.3) is 0 Å². The summed E-state index contributed by atoms with van der Waals surface area (Å²) < 4.78 is 59.5. The first-order valence-electron chi connectivity index (χ1n) is 9.39. The van der Waals surface area contributed by atoms with Gasteiger partial charge in [0.2, 0.25) is 0 Å². The van der Waals surface area contributed by atoms with Crippen LogP contribution in [0.15, 0.2) is 16.9 Å². The third-order valence-corrected chi connectivity index (χ3v) is 6.11. The lowest BCUT2D eigenvalue weighted by Crippen LogP contribution is -2.44. The zero-order chi connectivity index (χ0) is 21.7. The molecule has 0 amide bonds. The van der Waals surface area contributed by atoms with Gasteiger partial charge in [-0.1, -0.05) is 0 Å². The molecule has 2 aliphatic rings. The third kappa shape index (κ3) is 3.81. The van der Waals surface area contributed by atoms with Crippen molar-refractivity contribution in [2.75, 3.05) is 18.5 Å². The van der Waals surface area contributed by atoms with E-state index >= 15 is 0 Å². The Balaban J connectivity index is 1.60. The maximum atomic E-state index is 14.9. The first-order valence-corrected chi connectivity index (χ1v) is 10.2. The van der Waals surface area contributed by atoms with E-state index < -0.39 is 49.8 Å². The lowest BCUT2D eigenvalue weighted by atomic mass is 9.97. The lowest BCUT2D eigenvalue weighted by Gasteiger charge is -2.32. The van der Waals surface area contributed by atoms with Crippen LogP contribution < -0.4 is 5.32 Å².